The van der Waals surface area contributed by atoms with Crippen molar-refractivity contribution < 1.29 is 19.0 Å². The van der Waals surface area contributed by atoms with Crippen molar-refractivity contribution in [2.75, 3.05) is 33.4 Å². The van der Waals surface area contributed by atoms with Gasteiger partial charge in [-0.2, -0.15) is 0 Å². The predicted molar refractivity (Wildman–Crippen MR) is 135 cm³/mol. The van der Waals surface area contributed by atoms with Gasteiger partial charge in [-0.05, 0) is 54.8 Å². The van der Waals surface area contributed by atoms with Crippen LogP contribution in [-0.2, 0) is 24.4 Å². The number of rotatable bonds is 7. The van der Waals surface area contributed by atoms with E-state index in [1.807, 2.05) is 29.2 Å². The van der Waals surface area contributed by atoms with Gasteiger partial charge in [0.15, 0.2) is 0 Å². The van der Waals surface area contributed by atoms with Crippen LogP contribution >= 0.6 is 11.3 Å². The Morgan fingerprint density at radius 2 is 2.06 bits per heavy atom. The van der Waals surface area contributed by atoms with E-state index in [-0.39, 0.29) is 12.0 Å². The van der Waals surface area contributed by atoms with E-state index in [1.54, 1.807) is 19.5 Å². The highest BCUT2D eigenvalue weighted by molar-refractivity contribution is 7.14. The van der Waals surface area contributed by atoms with E-state index in [0.29, 0.717) is 26.3 Å². The molecule has 1 saturated heterocycles. The van der Waals surface area contributed by atoms with Gasteiger partial charge in [0.2, 0.25) is 0 Å². The normalized spacial score (nSPS) is 16.9. The maximum absolute atomic E-state index is 13.2. The van der Waals surface area contributed by atoms with Gasteiger partial charge in [-0.25, -0.2) is 0 Å². The lowest BCUT2D eigenvalue weighted by Gasteiger charge is -2.32. The molecule has 0 atom stereocenters. The molecule has 1 amide bonds. The highest BCUT2D eigenvalue weighted by Crippen LogP contribution is 2.28. The van der Waals surface area contributed by atoms with E-state index < -0.39 is 0 Å². The minimum Gasteiger partial charge on any atom is -0.491 e. The van der Waals surface area contributed by atoms with Crippen LogP contribution in [0.25, 0.3) is 0 Å². The van der Waals surface area contributed by atoms with Gasteiger partial charge in [-0.1, -0.05) is 6.07 Å². The number of piperidine rings is 1. The third kappa shape index (κ3) is 6.01. The predicted octanol–water partition coefficient (Wildman–Crippen LogP) is 4.37. The van der Waals surface area contributed by atoms with Crippen molar-refractivity contribution in [3.63, 3.8) is 0 Å². The van der Waals surface area contributed by atoms with Crippen molar-refractivity contribution in [2.45, 2.75) is 38.6 Å². The summed E-state index contributed by atoms with van der Waals surface area (Å²) >= 11 is 1.50. The second-order valence-electron chi connectivity index (χ2n) is 9.00. The van der Waals surface area contributed by atoms with Crippen molar-refractivity contribution in [2.24, 2.45) is 0 Å². The number of methoxy groups -OCH3 is 1. The molecule has 7 nitrogen and oxygen atoms in total. The van der Waals surface area contributed by atoms with E-state index in [4.69, 9.17) is 14.2 Å². The van der Waals surface area contributed by atoms with Gasteiger partial charge >= 0.3 is 0 Å². The number of hydrogen-bond acceptors (Lipinski definition) is 7. The first kappa shape index (κ1) is 23.8. The molecule has 4 heterocycles. The molecule has 2 aliphatic rings. The third-order valence-electron chi connectivity index (χ3n) is 6.43. The number of carbonyl (C=O) groups excluding carboxylic acids is 1. The van der Waals surface area contributed by atoms with Crippen molar-refractivity contribution in [3.8, 4) is 11.5 Å². The first-order valence-electron chi connectivity index (χ1n) is 12.1. The fourth-order valence-corrected chi connectivity index (χ4v) is 5.59. The molecule has 2 aliphatic heterocycles. The van der Waals surface area contributed by atoms with E-state index in [9.17, 15) is 4.79 Å². The summed E-state index contributed by atoms with van der Waals surface area (Å²) in [5.74, 6) is 1.77. The van der Waals surface area contributed by atoms with Crippen LogP contribution in [-0.4, -0.2) is 60.1 Å². The molecule has 2 aromatic heterocycles. The quantitative estimate of drug-likeness (QED) is 0.487. The zero-order valence-electron chi connectivity index (χ0n) is 20.0. The molecule has 8 heteroatoms. The van der Waals surface area contributed by atoms with Gasteiger partial charge in [0.1, 0.15) is 24.2 Å². The molecular formula is C27H31N3O4S. The van der Waals surface area contributed by atoms with Crippen LogP contribution in [0.1, 0.15) is 38.5 Å². The number of ether oxygens (including phenoxy) is 3. The average molecular weight is 494 g/mol. The molecule has 184 valence electrons. The molecule has 0 aliphatic carbocycles. The Morgan fingerprint density at radius 1 is 1.17 bits per heavy atom. The van der Waals surface area contributed by atoms with Gasteiger partial charge in [0.05, 0.1) is 24.2 Å². The number of carbonyl (C=O) groups is 1. The van der Waals surface area contributed by atoms with E-state index in [0.717, 1.165) is 59.3 Å². The lowest BCUT2D eigenvalue weighted by Crippen LogP contribution is -2.37. The molecular weight excluding hydrogens is 462 g/mol. The number of fused-ring (bicyclic) bond motifs is 1. The topological polar surface area (TPSA) is 64.1 Å². The van der Waals surface area contributed by atoms with Gasteiger partial charge < -0.3 is 19.1 Å². The van der Waals surface area contributed by atoms with E-state index >= 15 is 0 Å². The standard InChI is InChI=1S/C27H31N3O4S/c1-32-19-24-5-7-26(35-24)27(31)30-13-14-33-25-6-4-20(15-21(25)18-30)17-29-11-8-22(9-12-29)34-23-3-2-10-28-16-23/h2-7,10,15-16,22H,8-9,11-14,17-19H2,1H3. The Bertz CT molecular complexity index is 1130. The maximum atomic E-state index is 13.2. The lowest BCUT2D eigenvalue weighted by molar-refractivity contribution is 0.0738. The molecule has 1 fully saturated rings. The molecule has 0 spiro atoms. The molecule has 0 unspecified atom stereocenters. The molecule has 0 bridgehead atoms. The number of nitrogens with zero attached hydrogens (tertiary/aromatic N) is 3. The second-order valence-corrected chi connectivity index (χ2v) is 10.2. The van der Waals surface area contributed by atoms with Crippen LogP contribution in [0.5, 0.6) is 11.5 Å². The van der Waals surface area contributed by atoms with Crippen molar-refractivity contribution in [1.82, 2.24) is 14.8 Å². The number of pyridine rings is 1. The van der Waals surface area contributed by atoms with Crippen LogP contribution in [0.4, 0.5) is 0 Å². The number of amides is 1. The summed E-state index contributed by atoms with van der Waals surface area (Å²) in [5, 5.41) is 0. The largest absolute Gasteiger partial charge is 0.491 e. The molecule has 1 aromatic carbocycles. The fourth-order valence-electron chi connectivity index (χ4n) is 4.64. The number of likely N-dealkylation sites (tertiary alicyclic amines) is 1. The summed E-state index contributed by atoms with van der Waals surface area (Å²) < 4.78 is 17.2. The smallest absolute Gasteiger partial charge is 0.264 e. The van der Waals surface area contributed by atoms with Gasteiger partial charge in [-0.15, -0.1) is 11.3 Å². The SMILES string of the molecule is COCc1ccc(C(=O)N2CCOc3ccc(CN4CCC(Oc5cccnc5)CC4)cc3C2)s1. The fraction of sp³-hybridized carbons (Fsp3) is 0.407. The van der Waals surface area contributed by atoms with Crippen LogP contribution < -0.4 is 9.47 Å². The van der Waals surface area contributed by atoms with Crippen molar-refractivity contribution in [1.29, 1.82) is 0 Å². The first-order valence-corrected chi connectivity index (χ1v) is 12.9. The summed E-state index contributed by atoms with van der Waals surface area (Å²) in [4.78, 5) is 23.4. The van der Waals surface area contributed by atoms with Gasteiger partial charge in [0.25, 0.3) is 5.91 Å². The zero-order chi connectivity index (χ0) is 24.0. The van der Waals surface area contributed by atoms with Crippen LogP contribution in [0.3, 0.4) is 0 Å². The van der Waals surface area contributed by atoms with Gasteiger partial charge in [-0.3, -0.25) is 14.7 Å². The zero-order valence-corrected chi connectivity index (χ0v) is 20.8. The monoisotopic (exact) mass is 493 g/mol. The van der Waals surface area contributed by atoms with E-state index in [1.165, 1.54) is 16.9 Å². The minimum absolute atomic E-state index is 0.0508. The summed E-state index contributed by atoms with van der Waals surface area (Å²) in [5.41, 5.74) is 2.31. The van der Waals surface area contributed by atoms with Crippen LogP contribution in [0.2, 0.25) is 0 Å². The molecule has 35 heavy (non-hydrogen) atoms. The number of thiophene rings is 1. The Labute approximate surface area is 210 Å². The minimum atomic E-state index is 0.0508. The molecule has 0 N–H and O–H groups in total. The van der Waals surface area contributed by atoms with Crippen LogP contribution in [0, 0.1) is 0 Å². The molecule has 3 aromatic rings. The third-order valence-corrected chi connectivity index (χ3v) is 7.48. The van der Waals surface area contributed by atoms with Crippen molar-refractivity contribution in [3.05, 3.63) is 75.7 Å². The molecule has 0 saturated carbocycles. The lowest BCUT2D eigenvalue weighted by atomic mass is 10.0. The summed E-state index contributed by atoms with van der Waals surface area (Å²) in [6.45, 7) is 5.02. The Morgan fingerprint density at radius 3 is 2.86 bits per heavy atom. The molecule has 0 radical (unpaired) electrons. The Hall–Kier alpha value is -2.94. The van der Waals surface area contributed by atoms with Crippen LogP contribution in [0.15, 0.2) is 54.9 Å². The van der Waals surface area contributed by atoms with Gasteiger partial charge in [0, 0.05) is 49.9 Å². The average Bonchev–Trinajstić information content (AvgIpc) is 3.24. The number of aromatic nitrogens is 1. The summed E-state index contributed by atoms with van der Waals surface area (Å²) in [6, 6.07) is 14.1. The highest BCUT2D eigenvalue weighted by atomic mass is 32.1. The molecule has 5 rings (SSSR count). The number of hydrogen-bond donors (Lipinski definition) is 0. The first-order chi connectivity index (χ1) is 17.2. The Kier molecular flexibility index (Phi) is 7.61. The highest BCUT2D eigenvalue weighted by Gasteiger charge is 2.24. The number of benzene rings is 1. The maximum Gasteiger partial charge on any atom is 0.264 e. The summed E-state index contributed by atoms with van der Waals surface area (Å²) in [7, 11) is 1.67. The Balaban J connectivity index is 1.19. The van der Waals surface area contributed by atoms with E-state index in [2.05, 4.69) is 28.1 Å². The summed E-state index contributed by atoms with van der Waals surface area (Å²) in [6.07, 6.45) is 5.76. The van der Waals surface area contributed by atoms with Crippen molar-refractivity contribution >= 4 is 17.2 Å². The second kappa shape index (κ2) is 11.2.